The fraction of sp³-hybridized carbons (Fsp3) is 0.176. The van der Waals surface area contributed by atoms with Gasteiger partial charge in [0, 0.05) is 15.1 Å². The molecule has 138 valence electrons. The van der Waals surface area contributed by atoms with Crippen LogP contribution in [0.25, 0.3) is 0 Å². The summed E-state index contributed by atoms with van der Waals surface area (Å²) < 4.78 is 7.12. The molecule has 0 fully saturated rings. The normalized spacial score (nSPS) is 11.0. The van der Waals surface area contributed by atoms with Gasteiger partial charge in [-0.05, 0) is 75.0 Å². The van der Waals surface area contributed by atoms with E-state index in [9.17, 15) is 9.90 Å². The van der Waals surface area contributed by atoms with Crippen molar-refractivity contribution in [2.24, 2.45) is 5.10 Å². The second kappa shape index (κ2) is 9.21. The number of aryl methyl sites for hydroxylation is 2. The number of rotatable bonds is 5. The highest BCUT2D eigenvalue weighted by Gasteiger charge is 2.12. The Kier molecular flexibility index (Phi) is 7.52. The molecule has 5 nitrogen and oxygen atoms in total. The zero-order valence-electron chi connectivity index (χ0n) is 13.7. The van der Waals surface area contributed by atoms with Crippen molar-refractivity contribution < 1.29 is 14.6 Å². The van der Waals surface area contributed by atoms with Gasteiger partial charge in [-0.1, -0.05) is 27.5 Å². The van der Waals surface area contributed by atoms with Gasteiger partial charge in [-0.2, -0.15) is 5.10 Å². The number of carbonyl (C=O) groups is 1. The van der Waals surface area contributed by atoms with E-state index in [4.69, 9.17) is 16.3 Å². The van der Waals surface area contributed by atoms with Gasteiger partial charge in [0.1, 0.15) is 11.5 Å². The molecule has 0 saturated carbocycles. The molecule has 0 saturated heterocycles. The van der Waals surface area contributed by atoms with Crippen LogP contribution in [0.2, 0.25) is 5.02 Å². The Morgan fingerprint density at radius 1 is 1.23 bits per heavy atom. The van der Waals surface area contributed by atoms with Crippen molar-refractivity contribution in [1.82, 2.24) is 5.43 Å². The van der Waals surface area contributed by atoms with Crippen LogP contribution in [0.3, 0.4) is 0 Å². The van der Waals surface area contributed by atoms with Gasteiger partial charge in [0.05, 0.1) is 15.2 Å². The van der Waals surface area contributed by atoms with Gasteiger partial charge < -0.3 is 9.84 Å². The third kappa shape index (κ3) is 5.22. The first-order chi connectivity index (χ1) is 12.2. The van der Waals surface area contributed by atoms with Crippen LogP contribution >= 0.6 is 59.4 Å². The van der Waals surface area contributed by atoms with Crippen molar-refractivity contribution in [3.63, 3.8) is 0 Å². The number of benzene rings is 2. The average molecular weight is 569 g/mol. The van der Waals surface area contributed by atoms with E-state index in [2.05, 4.69) is 58.3 Å². The van der Waals surface area contributed by atoms with E-state index in [1.54, 1.807) is 18.2 Å². The summed E-state index contributed by atoms with van der Waals surface area (Å²) in [6, 6.07) is 5.22. The molecule has 0 bridgehead atoms. The minimum atomic E-state index is -0.417. The number of amides is 1. The number of hydrazone groups is 1. The van der Waals surface area contributed by atoms with Crippen LogP contribution in [0.4, 0.5) is 0 Å². The molecule has 0 atom stereocenters. The topological polar surface area (TPSA) is 70.9 Å². The van der Waals surface area contributed by atoms with Crippen molar-refractivity contribution in [2.75, 3.05) is 6.61 Å². The summed E-state index contributed by atoms with van der Waals surface area (Å²) in [5.41, 5.74) is 4.71. The van der Waals surface area contributed by atoms with Crippen molar-refractivity contribution in [1.29, 1.82) is 0 Å². The van der Waals surface area contributed by atoms with Gasteiger partial charge in [-0.3, -0.25) is 4.79 Å². The average Bonchev–Trinajstić information content (AvgIpc) is 2.58. The third-order valence-electron chi connectivity index (χ3n) is 3.34. The highest BCUT2D eigenvalue weighted by atomic mass is 79.9. The molecule has 0 aliphatic carbocycles. The lowest BCUT2D eigenvalue weighted by Crippen LogP contribution is -2.24. The molecular formula is C17H14Br3ClN2O3. The summed E-state index contributed by atoms with van der Waals surface area (Å²) in [5, 5.41) is 14.5. The van der Waals surface area contributed by atoms with Gasteiger partial charge in [0.2, 0.25) is 0 Å². The zero-order chi connectivity index (χ0) is 19.4. The van der Waals surface area contributed by atoms with Gasteiger partial charge in [0.15, 0.2) is 6.61 Å². The maximum Gasteiger partial charge on any atom is 0.277 e. The lowest BCUT2D eigenvalue weighted by atomic mass is 10.1. The predicted octanol–water partition coefficient (Wildman–Crippen LogP) is 5.48. The Morgan fingerprint density at radius 3 is 2.46 bits per heavy atom. The number of halogens is 4. The summed E-state index contributed by atoms with van der Waals surface area (Å²) in [6.45, 7) is 3.55. The Bertz CT molecular complexity index is 865. The Labute approximate surface area is 181 Å². The van der Waals surface area contributed by atoms with Gasteiger partial charge in [-0.25, -0.2) is 5.43 Å². The van der Waals surface area contributed by atoms with Gasteiger partial charge in [0.25, 0.3) is 5.91 Å². The van der Waals surface area contributed by atoms with Crippen molar-refractivity contribution in [2.45, 2.75) is 13.8 Å². The third-order valence-corrected chi connectivity index (χ3v) is 6.00. The van der Waals surface area contributed by atoms with E-state index in [0.29, 0.717) is 29.8 Å². The predicted molar refractivity (Wildman–Crippen MR) is 113 cm³/mol. The summed E-state index contributed by atoms with van der Waals surface area (Å²) in [7, 11) is 0. The number of hydrogen-bond acceptors (Lipinski definition) is 4. The number of nitrogens with one attached hydrogen (secondary N) is 1. The molecule has 0 heterocycles. The smallest absolute Gasteiger partial charge is 0.277 e. The Hall–Kier alpha value is -1.09. The first-order valence-corrected chi connectivity index (χ1v) is 10.0. The van der Waals surface area contributed by atoms with Crippen LogP contribution < -0.4 is 10.2 Å². The highest BCUT2D eigenvalue weighted by Crippen LogP contribution is 2.38. The fourth-order valence-electron chi connectivity index (χ4n) is 2.05. The number of nitrogens with zero attached hydrogens (tertiary/aromatic N) is 1. The molecule has 2 aromatic carbocycles. The van der Waals surface area contributed by atoms with Crippen LogP contribution in [0.15, 0.2) is 36.7 Å². The van der Waals surface area contributed by atoms with Crippen LogP contribution in [0, 0.1) is 13.8 Å². The molecule has 1 amide bonds. The minimum absolute atomic E-state index is 0.0396. The molecule has 0 spiro atoms. The summed E-state index contributed by atoms with van der Waals surface area (Å²) in [4.78, 5) is 11.9. The second-order valence-corrected chi connectivity index (χ2v) is 8.25. The molecule has 0 aliphatic heterocycles. The van der Waals surface area contributed by atoms with Crippen LogP contribution in [-0.4, -0.2) is 23.8 Å². The Morgan fingerprint density at radius 2 is 1.85 bits per heavy atom. The number of hydrogen-bond donors (Lipinski definition) is 2. The number of carbonyl (C=O) groups excluding carboxylic acids is 1. The van der Waals surface area contributed by atoms with Crippen LogP contribution in [0.5, 0.6) is 11.5 Å². The monoisotopic (exact) mass is 566 g/mol. The van der Waals surface area contributed by atoms with Crippen molar-refractivity contribution in [3.8, 4) is 11.5 Å². The second-order valence-electron chi connectivity index (χ2n) is 5.37. The zero-order valence-corrected chi connectivity index (χ0v) is 19.3. The maximum atomic E-state index is 11.9. The number of phenols is 1. The van der Waals surface area contributed by atoms with E-state index >= 15 is 0 Å². The van der Waals surface area contributed by atoms with E-state index in [1.165, 1.54) is 6.21 Å². The summed E-state index contributed by atoms with van der Waals surface area (Å²) in [6.07, 6.45) is 1.41. The molecule has 9 heteroatoms. The number of phenolic OH excluding ortho intramolecular Hbond substituents is 1. The fourth-order valence-corrected chi connectivity index (χ4v) is 4.49. The molecule has 0 radical (unpaired) electrons. The minimum Gasteiger partial charge on any atom is -0.506 e. The molecule has 26 heavy (non-hydrogen) atoms. The Balaban J connectivity index is 1.97. The largest absolute Gasteiger partial charge is 0.506 e. The molecule has 2 rings (SSSR count). The van der Waals surface area contributed by atoms with Crippen LogP contribution in [0.1, 0.15) is 16.7 Å². The molecule has 0 aromatic heterocycles. The molecule has 2 N–H and O–H groups in total. The van der Waals surface area contributed by atoms with E-state index < -0.39 is 5.91 Å². The molecule has 2 aromatic rings. The standard InChI is InChI=1S/C17H14Br3ClN2O3/c1-8-3-10(4-9(2)16(8)21)26-7-14(24)23-22-6-11-12(18)5-13(19)17(25)15(11)20/h3-6,25H,7H2,1-2H3,(H,23,24)/b22-6+. The van der Waals surface area contributed by atoms with Crippen molar-refractivity contribution in [3.05, 3.63) is 53.3 Å². The summed E-state index contributed by atoms with van der Waals surface area (Å²) in [5.74, 6) is 0.185. The molecule has 0 aliphatic rings. The van der Waals surface area contributed by atoms with Crippen molar-refractivity contribution >= 4 is 71.5 Å². The van der Waals surface area contributed by atoms with Gasteiger partial charge in [-0.15, -0.1) is 0 Å². The first kappa shape index (κ1) is 21.2. The summed E-state index contributed by atoms with van der Waals surface area (Å²) >= 11 is 16.0. The quantitative estimate of drug-likeness (QED) is 0.370. The van der Waals surface area contributed by atoms with E-state index in [1.807, 2.05) is 13.8 Å². The molecule has 0 unspecified atom stereocenters. The van der Waals surface area contributed by atoms with E-state index in [0.717, 1.165) is 11.1 Å². The van der Waals surface area contributed by atoms with Crippen LogP contribution in [-0.2, 0) is 4.79 Å². The van der Waals surface area contributed by atoms with Gasteiger partial charge >= 0.3 is 0 Å². The first-order valence-electron chi connectivity index (χ1n) is 7.28. The highest BCUT2D eigenvalue weighted by molar-refractivity contribution is 9.11. The lowest BCUT2D eigenvalue weighted by molar-refractivity contribution is -0.123. The number of ether oxygens (including phenoxy) is 1. The number of aromatic hydroxyl groups is 1. The maximum absolute atomic E-state index is 11.9. The van der Waals surface area contributed by atoms with E-state index in [-0.39, 0.29) is 12.4 Å². The lowest BCUT2D eigenvalue weighted by Gasteiger charge is -2.09. The SMILES string of the molecule is Cc1cc(OCC(=O)N/N=C/c2c(Br)cc(Br)c(O)c2Br)cc(C)c1Cl. The molecular weight excluding hydrogens is 555 g/mol.